The molecule has 0 amide bonds. The number of anilines is 1. The van der Waals surface area contributed by atoms with Crippen molar-refractivity contribution in [2.75, 3.05) is 31.1 Å². The lowest BCUT2D eigenvalue weighted by molar-refractivity contribution is 0.164. The van der Waals surface area contributed by atoms with Gasteiger partial charge in [0, 0.05) is 42.8 Å². The van der Waals surface area contributed by atoms with Gasteiger partial charge in [0.05, 0.1) is 10.9 Å². The second-order valence-corrected chi connectivity index (χ2v) is 10.7. The third-order valence-electron chi connectivity index (χ3n) is 5.81. The average molecular weight is 456 g/mol. The summed E-state index contributed by atoms with van der Waals surface area (Å²) in [5.41, 5.74) is 2.28. The van der Waals surface area contributed by atoms with Crippen LogP contribution < -0.4 is 9.62 Å². The molecule has 1 saturated heterocycles. The standard InChI is InChI=1S/C24H29N3O2S2/c1-19-10-12-22(13-11-19)31(28,29)25-20(2)24(23-9-6-18-30-23)27-16-14-26(15-17-27)21-7-4-3-5-8-21/h3-13,18,20,24-25H,14-17H2,1-2H3/t20-,24-/m1/s1. The predicted octanol–water partition coefficient (Wildman–Crippen LogP) is 4.29. The van der Waals surface area contributed by atoms with Gasteiger partial charge in [0.25, 0.3) is 0 Å². The molecule has 1 aliphatic heterocycles. The van der Waals surface area contributed by atoms with E-state index in [1.807, 2.05) is 38.1 Å². The Morgan fingerprint density at radius 3 is 2.19 bits per heavy atom. The Balaban J connectivity index is 1.50. The maximum absolute atomic E-state index is 13.0. The third-order valence-corrected chi connectivity index (χ3v) is 8.33. The minimum Gasteiger partial charge on any atom is -0.369 e. The minimum absolute atomic E-state index is 0.00172. The van der Waals surface area contributed by atoms with Gasteiger partial charge in [0.1, 0.15) is 0 Å². The first-order valence-corrected chi connectivity index (χ1v) is 13.0. The van der Waals surface area contributed by atoms with Crippen molar-refractivity contribution in [3.05, 3.63) is 82.6 Å². The molecule has 7 heteroatoms. The van der Waals surface area contributed by atoms with Crippen LogP contribution in [0.4, 0.5) is 5.69 Å². The number of benzene rings is 2. The molecule has 0 spiro atoms. The Kier molecular flexibility index (Phi) is 6.77. The first-order chi connectivity index (χ1) is 14.9. The van der Waals surface area contributed by atoms with Gasteiger partial charge in [0.15, 0.2) is 0 Å². The fourth-order valence-electron chi connectivity index (χ4n) is 4.19. The zero-order valence-electron chi connectivity index (χ0n) is 17.9. The second-order valence-electron chi connectivity index (χ2n) is 8.04. The largest absolute Gasteiger partial charge is 0.369 e. The first-order valence-electron chi connectivity index (χ1n) is 10.6. The van der Waals surface area contributed by atoms with E-state index in [2.05, 4.69) is 50.2 Å². The van der Waals surface area contributed by atoms with Crippen LogP contribution in [0.3, 0.4) is 0 Å². The summed E-state index contributed by atoms with van der Waals surface area (Å²) in [5, 5.41) is 2.06. The van der Waals surface area contributed by atoms with Gasteiger partial charge in [-0.05, 0) is 49.6 Å². The van der Waals surface area contributed by atoms with Crippen molar-refractivity contribution in [1.29, 1.82) is 0 Å². The van der Waals surface area contributed by atoms with Gasteiger partial charge in [-0.2, -0.15) is 0 Å². The maximum atomic E-state index is 13.0. The van der Waals surface area contributed by atoms with Gasteiger partial charge in [-0.15, -0.1) is 11.3 Å². The van der Waals surface area contributed by atoms with Gasteiger partial charge in [0.2, 0.25) is 10.0 Å². The zero-order chi connectivity index (χ0) is 21.8. The molecule has 4 rings (SSSR count). The molecule has 2 atom stereocenters. The number of para-hydroxylation sites is 1. The highest BCUT2D eigenvalue weighted by molar-refractivity contribution is 7.89. The molecular formula is C24H29N3O2S2. The molecule has 0 aliphatic carbocycles. The lowest BCUT2D eigenvalue weighted by atomic mass is 10.1. The SMILES string of the molecule is Cc1ccc(S(=O)(=O)N[C@H](C)[C@H](c2cccs2)N2CCN(c3ccccc3)CC2)cc1. The van der Waals surface area contributed by atoms with Crippen LogP contribution in [0, 0.1) is 6.92 Å². The summed E-state index contributed by atoms with van der Waals surface area (Å²) in [6.07, 6.45) is 0. The van der Waals surface area contributed by atoms with E-state index >= 15 is 0 Å². The summed E-state index contributed by atoms with van der Waals surface area (Å²) < 4.78 is 29.0. The Labute approximate surface area is 189 Å². The van der Waals surface area contributed by atoms with Crippen molar-refractivity contribution in [1.82, 2.24) is 9.62 Å². The molecule has 1 N–H and O–H groups in total. The van der Waals surface area contributed by atoms with Crippen molar-refractivity contribution >= 4 is 27.0 Å². The molecule has 2 aromatic carbocycles. The molecule has 0 saturated carbocycles. The first kappa shape index (κ1) is 22.0. The molecule has 2 heterocycles. The van der Waals surface area contributed by atoms with Gasteiger partial charge >= 0.3 is 0 Å². The second kappa shape index (κ2) is 9.53. The van der Waals surface area contributed by atoms with Crippen LogP contribution in [0.2, 0.25) is 0 Å². The van der Waals surface area contributed by atoms with Crippen LogP contribution >= 0.6 is 11.3 Å². The number of aryl methyl sites for hydroxylation is 1. The fourth-order valence-corrected chi connectivity index (χ4v) is 6.41. The molecule has 31 heavy (non-hydrogen) atoms. The number of rotatable bonds is 7. The molecule has 1 aromatic heterocycles. The van der Waals surface area contributed by atoms with Crippen LogP contribution in [0.1, 0.15) is 23.4 Å². The number of nitrogens with zero attached hydrogens (tertiary/aromatic N) is 2. The quantitative estimate of drug-likeness (QED) is 0.578. The zero-order valence-corrected chi connectivity index (χ0v) is 19.6. The molecule has 1 fully saturated rings. The van der Waals surface area contributed by atoms with Crippen LogP contribution in [-0.4, -0.2) is 45.5 Å². The minimum atomic E-state index is -3.59. The molecule has 0 bridgehead atoms. The normalized spacial score (nSPS) is 17.4. The van der Waals surface area contributed by atoms with Gasteiger partial charge in [-0.25, -0.2) is 13.1 Å². The smallest absolute Gasteiger partial charge is 0.240 e. The summed E-state index contributed by atoms with van der Waals surface area (Å²) in [5.74, 6) is 0. The summed E-state index contributed by atoms with van der Waals surface area (Å²) in [6, 6.07) is 21.3. The van der Waals surface area contributed by atoms with Crippen LogP contribution in [0.25, 0.3) is 0 Å². The Morgan fingerprint density at radius 1 is 0.903 bits per heavy atom. The van der Waals surface area contributed by atoms with E-state index in [1.54, 1.807) is 23.5 Å². The van der Waals surface area contributed by atoms with Gasteiger partial charge in [-0.1, -0.05) is 42.0 Å². The number of thiophene rings is 1. The van der Waals surface area contributed by atoms with E-state index in [0.717, 1.165) is 31.7 Å². The third kappa shape index (κ3) is 5.18. The van der Waals surface area contributed by atoms with E-state index in [4.69, 9.17) is 0 Å². The monoisotopic (exact) mass is 455 g/mol. The molecule has 0 radical (unpaired) electrons. The molecule has 164 valence electrons. The highest BCUT2D eigenvalue weighted by atomic mass is 32.2. The lowest BCUT2D eigenvalue weighted by Gasteiger charge is -2.42. The number of hydrogen-bond acceptors (Lipinski definition) is 5. The number of hydrogen-bond donors (Lipinski definition) is 1. The molecule has 5 nitrogen and oxygen atoms in total. The number of nitrogens with one attached hydrogen (secondary N) is 1. The Bertz CT molecular complexity index is 1060. The van der Waals surface area contributed by atoms with Crippen LogP contribution in [-0.2, 0) is 10.0 Å². The van der Waals surface area contributed by atoms with E-state index < -0.39 is 10.0 Å². The number of piperazine rings is 1. The van der Waals surface area contributed by atoms with Crippen molar-refractivity contribution in [3.8, 4) is 0 Å². The number of sulfonamides is 1. The average Bonchev–Trinajstić information content (AvgIpc) is 3.29. The fraction of sp³-hybridized carbons (Fsp3) is 0.333. The molecular weight excluding hydrogens is 426 g/mol. The molecule has 0 unspecified atom stereocenters. The van der Waals surface area contributed by atoms with Crippen molar-refractivity contribution in [2.45, 2.75) is 30.8 Å². The highest BCUT2D eigenvalue weighted by Crippen LogP contribution is 2.31. The Hall–Kier alpha value is -2.19. The lowest BCUT2D eigenvalue weighted by Crippen LogP contribution is -2.52. The van der Waals surface area contributed by atoms with E-state index in [9.17, 15) is 8.42 Å². The van der Waals surface area contributed by atoms with Gasteiger partial charge < -0.3 is 4.90 Å². The van der Waals surface area contributed by atoms with Gasteiger partial charge in [-0.3, -0.25) is 4.90 Å². The van der Waals surface area contributed by atoms with Crippen molar-refractivity contribution in [3.63, 3.8) is 0 Å². The topological polar surface area (TPSA) is 52.7 Å². The molecule has 1 aliphatic rings. The van der Waals surface area contributed by atoms with Crippen LogP contribution in [0.5, 0.6) is 0 Å². The maximum Gasteiger partial charge on any atom is 0.240 e. The van der Waals surface area contributed by atoms with Crippen molar-refractivity contribution in [2.24, 2.45) is 0 Å². The summed E-state index contributed by atoms with van der Waals surface area (Å²) in [7, 11) is -3.59. The van der Waals surface area contributed by atoms with E-state index in [1.165, 1.54) is 10.6 Å². The Morgan fingerprint density at radius 2 is 1.58 bits per heavy atom. The molecule has 3 aromatic rings. The summed E-state index contributed by atoms with van der Waals surface area (Å²) in [6.45, 7) is 7.53. The van der Waals surface area contributed by atoms with Crippen LogP contribution in [0.15, 0.2) is 77.0 Å². The summed E-state index contributed by atoms with van der Waals surface area (Å²) >= 11 is 1.68. The highest BCUT2D eigenvalue weighted by Gasteiger charge is 2.32. The summed E-state index contributed by atoms with van der Waals surface area (Å²) in [4.78, 5) is 6.30. The van der Waals surface area contributed by atoms with Crippen molar-refractivity contribution < 1.29 is 8.42 Å². The van der Waals surface area contributed by atoms with E-state index in [-0.39, 0.29) is 12.1 Å². The predicted molar refractivity (Wildman–Crippen MR) is 128 cm³/mol. The van der Waals surface area contributed by atoms with E-state index in [0.29, 0.717) is 4.90 Å².